The van der Waals surface area contributed by atoms with Gasteiger partial charge in [0.05, 0.1) is 12.2 Å². The van der Waals surface area contributed by atoms with E-state index < -0.39 is 24.2 Å². The third-order valence-corrected chi connectivity index (χ3v) is 3.86. The molecule has 3 N–H and O–H groups in total. The van der Waals surface area contributed by atoms with E-state index in [-0.39, 0.29) is 17.6 Å². The summed E-state index contributed by atoms with van der Waals surface area (Å²) < 4.78 is 0. The maximum absolute atomic E-state index is 12.0. The normalized spacial score (nSPS) is 37.3. The largest absolute Gasteiger partial charge is 0.390 e. The second-order valence-electron chi connectivity index (χ2n) is 6.26. The summed E-state index contributed by atoms with van der Waals surface area (Å²) in [6, 6.07) is 0. The molecule has 0 spiro atoms. The molecule has 0 aromatic rings. The fourth-order valence-corrected chi connectivity index (χ4v) is 2.88. The van der Waals surface area contributed by atoms with E-state index in [1.165, 1.54) is 0 Å². The molecule has 106 valence electrons. The smallest absolute Gasteiger partial charge is 0.141 e. The van der Waals surface area contributed by atoms with Crippen LogP contribution < -0.4 is 0 Å². The molecule has 0 aromatic heterocycles. The van der Waals surface area contributed by atoms with Gasteiger partial charge in [-0.05, 0) is 24.7 Å². The quantitative estimate of drug-likeness (QED) is 0.702. The fourth-order valence-electron chi connectivity index (χ4n) is 2.88. The van der Waals surface area contributed by atoms with Gasteiger partial charge in [-0.1, -0.05) is 27.7 Å². The topological polar surface area (TPSA) is 77.8 Å². The zero-order valence-corrected chi connectivity index (χ0v) is 11.7. The number of Topliss-reactive ketones (excluding diaryl/α,β-unsaturated/α-hetero) is 1. The minimum atomic E-state index is -1.21. The molecule has 0 aliphatic heterocycles. The molecule has 0 aromatic carbocycles. The highest BCUT2D eigenvalue weighted by atomic mass is 16.4. The van der Waals surface area contributed by atoms with Crippen LogP contribution in [0.2, 0.25) is 0 Å². The molecule has 0 heterocycles. The van der Waals surface area contributed by atoms with Crippen LogP contribution in [0.15, 0.2) is 0 Å². The molecule has 4 heteroatoms. The van der Waals surface area contributed by atoms with Gasteiger partial charge in [0, 0.05) is 11.8 Å². The number of hydrogen-bond acceptors (Lipinski definition) is 4. The number of carbonyl (C=O) groups excluding carboxylic acids is 1. The van der Waals surface area contributed by atoms with Gasteiger partial charge in [-0.2, -0.15) is 0 Å². The highest BCUT2D eigenvalue weighted by molar-refractivity contribution is 5.83. The molecule has 5 unspecified atom stereocenters. The summed E-state index contributed by atoms with van der Waals surface area (Å²) in [5.41, 5.74) is 0. The molecular weight excluding hydrogens is 232 g/mol. The molecule has 0 bridgehead atoms. The van der Waals surface area contributed by atoms with Crippen LogP contribution in [-0.4, -0.2) is 39.4 Å². The van der Waals surface area contributed by atoms with E-state index in [4.69, 9.17) is 0 Å². The van der Waals surface area contributed by atoms with E-state index >= 15 is 0 Å². The molecule has 0 radical (unpaired) electrons. The standard InChI is InChI=1S/C14H26O4/c1-7(2)5-9-6-10(11(15)8(3)4)13(17)14(18)12(9)16/h7-10,12-14,16-18H,5-6H2,1-4H3. The summed E-state index contributed by atoms with van der Waals surface area (Å²) in [6.07, 6.45) is -2.06. The average Bonchev–Trinajstić information content (AvgIpc) is 2.28. The van der Waals surface area contributed by atoms with Crippen LogP contribution in [0.5, 0.6) is 0 Å². The average molecular weight is 258 g/mol. The molecule has 1 rings (SSSR count). The third-order valence-electron chi connectivity index (χ3n) is 3.86. The maximum Gasteiger partial charge on any atom is 0.141 e. The van der Waals surface area contributed by atoms with Crippen LogP contribution in [0.25, 0.3) is 0 Å². The number of rotatable bonds is 4. The van der Waals surface area contributed by atoms with Crippen molar-refractivity contribution >= 4 is 5.78 Å². The predicted octanol–water partition coefficient (Wildman–Crippen LogP) is 0.976. The molecule has 1 fully saturated rings. The summed E-state index contributed by atoms with van der Waals surface area (Å²) in [5, 5.41) is 29.8. The zero-order chi connectivity index (χ0) is 14.0. The van der Waals surface area contributed by atoms with Gasteiger partial charge in [0.25, 0.3) is 0 Å². The van der Waals surface area contributed by atoms with E-state index in [0.717, 1.165) is 6.42 Å². The van der Waals surface area contributed by atoms with Gasteiger partial charge in [-0.25, -0.2) is 0 Å². The summed E-state index contributed by atoms with van der Waals surface area (Å²) in [7, 11) is 0. The Morgan fingerprint density at radius 1 is 1.06 bits per heavy atom. The van der Waals surface area contributed by atoms with Crippen molar-refractivity contribution in [3.63, 3.8) is 0 Å². The van der Waals surface area contributed by atoms with Crippen molar-refractivity contribution in [1.29, 1.82) is 0 Å². The first-order valence-electron chi connectivity index (χ1n) is 6.83. The molecule has 4 nitrogen and oxygen atoms in total. The Kier molecular flexibility index (Phi) is 5.32. The molecule has 1 aliphatic rings. The van der Waals surface area contributed by atoms with Crippen LogP contribution in [0, 0.1) is 23.7 Å². The predicted molar refractivity (Wildman–Crippen MR) is 68.9 cm³/mol. The van der Waals surface area contributed by atoms with Crippen molar-refractivity contribution in [2.24, 2.45) is 23.7 Å². The highest BCUT2D eigenvalue weighted by Gasteiger charge is 2.45. The number of ketones is 1. The SMILES string of the molecule is CC(C)CC1CC(C(=O)C(C)C)C(O)C(O)C1O. The minimum absolute atomic E-state index is 0.0257. The maximum atomic E-state index is 12.0. The number of carbonyl (C=O) groups is 1. The van der Waals surface area contributed by atoms with Crippen LogP contribution in [0.3, 0.4) is 0 Å². The van der Waals surface area contributed by atoms with Gasteiger partial charge in [-0.3, -0.25) is 4.79 Å². The van der Waals surface area contributed by atoms with Crippen molar-refractivity contribution < 1.29 is 20.1 Å². The molecule has 0 saturated heterocycles. The van der Waals surface area contributed by atoms with Crippen LogP contribution >= 0.6 is 0 Å². The van der Waals surface area contributed by atoms with E-state index in [9.17, 15) is 20.1 Å². The summed E-state index contributed by atoms with van der Waals surface area (Å²) >= 11 is 0. The molecule has 5 atom stereocenters. The monoisotopic (exact) mass is 258 g/mol. The van der Waals surface area contributed by atoms with Gasteiger partial charge < -0.3 is 15.3 Å². The van der Waals surface area contributed by atoms with Crippen molar-refractivity contribution in [3.8, 4) is 0 Å². The summed E-state index contributed by atoms with van der Waals surface area (Å²) in [4.78, 5) is 12.0. The highest BCUT2D eigenvalue weighted by Crippen LogP contribution is 2.35. The van der Waals surface area contributed by atoms with E-state index in [1.807, 2.05) is 13.8 Å². The van der Waals surface area contributed by atoms with Gasteiger partial charge in [0.2, 0.25) is 0 Å². The van der Waals surface area contributed by atoms with Crippen LogP contribution in [0.4, 0.5) is 0 Å². The second-order valence-corrected chi connectivity index (χ2v) is 6.26. The summed E-state index contributed by atoms with van der Waals surface area (Å²) in [5.74, 6) is -0.459. The van der Waals surface area contributed by atoms with E-state index in [0.29, 0.717) is 12.3 Å². The lowest BCUT2D eigenvalue weighted by molar-refractivity contribution is -0.157. The molecule has 1 saturated carbocycles. The minimum Gasteiger partial charge on any atom is -0.390 e. The Balaban J connectivity index is 2.83. The van der Waals surface area contributed by atoms with E-state index in [2.05, 4.69) is 0 Å². The van der Waals surface area contributed by atoms with Crippen molar-refractivity contribution in [3.05, 3.63) is 0 Å². The van der Waals surface area contributed by atoms with Crippen LogP contribution in [0.1, 0.15) is 40.5 Å². The third kappa shape index (κ3) is 3.31. The lowest BCUT2D eigenvalue weighted by atomic mass is 9.70. The first-order chi connectivity index (χ1) is 8.25. The molecular formula is C14H26O4. The molecule has 1 aliphatic carbocycles. The van der Waals surface area contributed by atoms with Crippen molar-refractivity contribution in [1.82, 2.24) is 0 Å². The Bertz CT molecular complexity index is 288. The number of aliphatic hydroxyl groups is 3. The second kappa shape index (κ2) is 6.13. The molecule has 0 amide bonds. The Labute approximate surface area is 109 Å². The van der Waals surface area contributed by atoms with Gasteiger partial charge in [0.1, 0.15) is 11.9 Å². The summed E-state index contributed by atoms with van der Waals surface area (Å²) in [6.45, 7) is 7.68. The Hall–Kier alpha value is -0.450. The van der Waals surface area contributed by atoms with Gasteiger partial charge in [-0.15, -0.1) is 0 Å². The van der Waals surface area contributed by atoms with Gasteiger partial charge in [0.15, 0.2) is 0 Å². The van der Waals surface area contributed by atoms with Crippen molar-refractivity contribution in [2.45, 2.75) is 58.8 Å². The van der Waals surface area contributed by atoms with Crippen LogP contribution in [-0.2, 0) is 4.79 Å². The van der Waals surface area contributed by atoms with E-state index in [1.54, 1.807) is 13.8 Å². The Morgan fingerprint density at radius 3 is 2.06 bits per heavy atom. The number of aliphatic hydroxyl groups excluding tert-OH is 3. The zero-order valence-electron chi connectivity index (χ0n) is 11.7. The first kappa shape index (κ1) is 15.6. The lowest BCUT2D eigenvalue weighted by Gasteiger charge is -2.41. The lowest BCUT2D eigenvalue weighted by Crippen LogP contribution is -2.53. The van der Waals surface area contributed by atoms with Gasteiger partial charge >= 0.3 is 0 Å². The number of hydrogen-bond donors (Lipinski definition) is 3. The van der Waals surface area contributed by atoms with Crippen molar-refractivity contribution in [2.75, 3.05) is 0 Å². The molecule has 18 heavy (non-hydrogen) atoms. The fraction of sp³-hybridized carbons (Fsp3) is 0.929. The first-order valence-corrected chi connectivity index (χ1v) is 6.83. The Morgan fingerprint density at radius 2 is 1.61 bits per heavy atom.